The van der Waals surface area contributed by atoms with Crippen LogP contribution in [0.2, 0.25) is 5.02 Å². The maximum atomic E-state index is 12.7. The number of nitro groups is 1. The highest BCUT2D eigenvalue weighted by molar-refractivity contribution is 7.89. The average Bonchev–Trinajstić information content (AvgIpc) is 2.61. The smallest absolute Gasteiger partial charge is 0.269 e. The molecule has 0 atom stereocenters. The van der Waals surface area contributed by atoms with Gasteiger partial charge in [-0.1, -0.05) is 17.7 Å². The summed E-state index contributed by atoms with van der Waals surface area (Å²) in [5.74, 6) is -0.441. The van der Waals surface area contributed by atoms with Crippen LogP contribution in [-0.2, 0) is 16.6 Å². The lowest BCUT2D eigenvalue weighted by molar-refractivity contribution is -0.384. The van der Waals surface area contributed by atoms with Gasteiger partial charge < -0.3 is 4.90 Å². The second kappa shape index (κ2) is 8.68. The standard InChI is InChI=1S/C18H20ClN3O5S/c1-12(2)20-28(26,27)16-6-4-5-13(10-16)18(23)21(3)11-14-9-15(22(24)25)7-8-17(14)19/h4-10,12,20H,11H2,1-3H3. The Morgan fingerprint density at radius 2 is 1.93 bits per heavy atom. The van der Waals surface area contributed by atoms with Gasteiger partial charge in [-0.2, -0.15) is 0 Å². The molecule has 0 aliphatic heterocycles. The Kier molecular flexibility index (Phi) is 6.76. The molecule has 0 aliphatic carbocycles. The predicted octanol–water partition coefficient (Wildman–Crippen LogP) is 3.21. The minimum Gasteiger partial charge on any atom is -0.337 e. The minimum absolute atomic E-state index is 0.0196. The van der Waals surface area contributed by atoms with Crippen LogP contribution in [0.5, 0.6) is 0 Å². The van der Waals surface area contributed by atoms with E-state index in [1.165, 1.54) is 54.4 Å². The summed E-state index contributed by atoms with van der Waals surface area (Å²) >= 11 is 6.08. The first kappa shape index (κ1) is 21.8. The van der Waals surface area contributed by atoms with Gasteiger partial charge in [0.15, 0.2) is 0 Å². The molecule has 0 aliphatic rings. The van der Waals surface area contributed by atoms with Crippen LogP contribution in [0, 0.1) is 10.1 Å². The first-order valence-electron chi connectivity index (χ1n) is 8.32. The van der Waals surface area contributed by atoms with Crippen LogP contribution >= 0.6 is 11.6 Å². The van der Waals surface area contributed by atoms with Crippen molar-refractivity contribution in [2.45, 2.75) is 31.3 Å². The van der Waals surface area contributed by atoms with E-state index in [-0.39, 0.29) is 28.7 Å². The highest BCUT2D eigenvalue weighted by atomic mass is 35.5. The van der Waals surface area contributed by atoms with Crippen molar-refractivity contribution >= 4 is 33.2 Å². The number of nitrogens with zero attached hydrogens (tertiary/aromatic N) is 2. The predicted molar refractivity (Wildman–Crippen MR) is 106 cm³/mol. The largest absolute Gasteiger partial charge is 0.337 e. The number of hydrogen-bond acceptors (Lipinski definition) is 5. The molecule has 0 fully saturated rings. The molecule has 10 heteroatoms. The number of carbonyl (C=O) groups excluding carboxylic acids is 1. The molecule has 0 spiro atoms. The molecule has 0 aromatic heterocycles. The van der Waals surface area contributed by atoms with Crippen molar-refractivity contribution in [3.05, 3.63) is 68.7 Å². The van der Waals surface area contributed by atoms with Gasteiger partial charge in [-0.3, -0.25) is 14.9 Å². The zero-order valence-electron chi connectivity index (χ0n) is 15.5. The van der Waals surface area contributed by atoms with Gasteiger partial charge in [-0.25, -0.2) is 13.1 Å². The first-order valence-corrected chi connectivity index (χ1v) is 10.2. The van der Waals surface area contributed by atoms with Crippen molar-refractivity contribution in [1.82, 2.24) is 9.62 Å². The molecule has 2 aromatic carbocycles. The Labute approximate surface area is 168 Å². The molecule has 0 saturated carbocycles. The molecule has 0 unspecified atom stereocenters. The molecular weight excluding hydrogens is 406 g/mol. The Morgan fingerprint density at radius 1 is 1.25 bits per heavy atom. The average molecular weight is 426 g/mol. The molecule has 0 saturated heterocycles. The number of nitro benzene ring substituents is 1. The monoisotopic (exact) mass is 425 g/mol. The van der Waals surface area contributed by atoms with Crippen LogP contribution in [0.25, 0.3) is 0 Å². The lowest BCUT2D eigenvalue weighted by Crippen LogP contribution is -2.31. The van der Waals surface area contributed by atoms with Crippen LogP contribution in [0.4, 0.5) is 5.69 Å². The summed E-state index contributed by atoms with van der Waals surface area (Å²) in [7, 11) is -2.23. The Morgan fingerprint density at radius 3 is 2.54 bits per heavy atom. The van der Waals surface area contributed by atoms with Crippen molar-refractivity contribution < 1.29 is 18.1 Å². The summed E-state index contributed by atoms with van der Waals surface area (Å²) in [6.07, 6.45) is 0. The van der Waals surface area contributed by atoms with E-state index in [2.05, 4.69) is 4.72 Å². The molecule has 0 radical (unpaired) electrons. The topological polar surface area (TPSA) is 110 Å². The third-order valence-corrected chi connectivity index (χ3v) is 5.80. The van der Waals surface area contributed by atoms with Crippen molar-refractivity contribution in [2.75, 3.05) is 7.05 Å². The summed E-state index contributed by atoms with van der Waals surface area (Å²) in [6, 6.07) is 9.38. The van der Waals surface area contributed by atoms with E-state index in [0.717, 1.165) is 0 Å². The third-order valence-electron chi connectivity index (χ3n) is 3.78. The van der Waals surface area contributed by atoms with Gasteiger partial charge in [-0.15, -0.1) is 0 Å². The van der Waals surface area contributed by atoms with Crippen molar-refractivity contribution in [2.24, 2.45) is 0 Å². The number of carbonyl (C=O) groups is 1. The van der Waals surface area contributed by atoms with Gasteiger partial charge in [0.2, 0.25) is 10.0 Å². The van der Waals surface area contributed by atoms with Gasteiger partial charge in [0.25, 0.3) is 11.6 Å². The number of halogens is 1. The van der Waals surface area contributed by atoms with E-state index in [0.29, 0.717) is 10.6 Å². The molecule has 2 rings (SSSR count). The van der Waals surface area contributed by atoms with E-state index in [1.807, 2.05) is 0 Å². The van der Waals surface area contributed by atoms with Gasteiger partial charge in [0, 0.05) is 42.4 Å². The number of hydrogen-bond donors (Lipinski definition) is 1. The van der Waals surface area contributed by atoms with Crippen LogP contribution in [0.1, 0.15) is 29.8 Å². The Balaban J connectivity index is 2.26. The van der Waals surface area contributed by atoms with Gasteiger partial charge in [0.05, 0.1) is 9.82 Å². The lowest BCUT2D eigenvalue weighted by Gasteiger charge is -2.18. The maximum Gasteiger partial charge on any atom is 0.269 e. The third kappa shape index (κ3) is 5.28. The van der Waals surface area contributed by atoms with E-state index >= 15 is 0 Å². The quantitative estimate of drug-likeness (QED) is 0.541. The van der Waals surface area contributed by atoms with Gasteiger partial charge >= 0.3 is 0 Å². The molecule has 0 bridgehead atoms. The Bertz CT molecular complexity index is 1010. The number of nitrogens with one attached hydrogen (secondary N) is 1. The van der Waals surface area contributed by atoms with Crippen molar-refractivity contribution in [1.29, 1.82) is 0 Å². The fraction of sp³-hybridized carbons (Fsp3) is 0.278. The van der Waals surface area contributed by atoms with Crippen molar-refractivity contribution in [3.63, 3.8) is 0 Å². The number of amides is 1. The molecule has 150 valence electrons. The van der Waals surface area contributed by atoms with E-state index in [1.54, 1.807) is 13.8 Å². The number of rotatable bonds is 7. The summed E-state index contributed by atoms with van der Waals surface area (Å²) < 4.78 is 27.1. The highest BCUT2D eigenvalue weighted by Crippen LogP contribution is 2.24. The van der Waals surface area contributed by atoms with Gasteiger partial charge in [-0.05, 0) is 43.7 Å². The normalized spacial score (nSPS) is 11.5. The van der Waals surface area contributed by atoms with E-state index < -0.39 is 20.9 Å². The number of sulfonamides is 1. The zero-order valence-corrected chi connectivity index (χ0v) is 17.1. The van der Waals surface area contributed by atoms with E-state index in [9.17, 15) is 23.3 Å². The second-order valence-corrected chi connectivity index (χ2v) is 8.62. The lowest BCUT2D eigenvalue weighted by atomic mass is 10.1. The molecular formula is C18H20ClN3O5S. The first-order chi connectivity index (χ1) is 13.0. The van der Waals surface area contributed by atoms with Crippen LogP contribution in [0.15, 0.2) is 47.4 Å². The highest BCUT2D eigenvalue weighted by Gasteiger charge is 2.20. The fourth-order valence-corrected chi connectivity index (χ4v) is 3.99. The summed E-state index contributed by atoms with van der Waals surface area (Å²) in [6.45, 7) is 3.42. The zero-order chi connectivity index (χ0) is 21.1. The molecule has 1 amide bonds. The molecule has 8 nitrogen and oxygen atoms in total. The SMILES string of the molecule is CC(C)NS(=O)(=O)c1cccc(C(=O)N(C)Cc2cc([N+](=O)[O-])ccc2Cl)c1. The summed E-state index contributed by atoms with van der Waals surface area (Å²) in [5.41, 5.74) is 0.459. The minimum atomic E-state index is -3.74. The summed E-state index contributed by atoms with van der Waals surface area (Å²) in [5, 5.41) is 11.2. The van der Waals surface area contributed by atoms with Crippen LogP contribution in [-0.4, -0.2) is 37.2 Å². The molecule has 1 N–H and O–H groups in total. The fourth-order valence-electron chi connectivity index (χ4n) is 2.52. The van der Waals surface area contributed by atoms with Gasteiger partial charge in [0.1, 0.15) is 0 Å². The molecule has 0 heterocycles. The summed E-state index contributed by atoms with van der Waals surface area (Å²) in [4.78, 5) is 24.4. The second-order valence-electron chi connectivity index (χ2n) is 6.50. The van der Waals surface area contributed by atoms with E-state index in [4.69, 9.17) is 11.6 Å². The van der Waals surface area contributed by atoms with Crippen LogP contribution in [0.3, 0.4) is 0 Å². The number of benzene rings is 2. The van der Waals surface area contributed by atoms with Crippen LogP contribution < -0.4 is 4.72 Å². The maximum absolute atomic E-state index is 12.7. The Hall–Kier alpha value is -2.49. The van der Waals surface area contributed by atoms with Crippen molar-refractivity contribution in [3.8, 4) is 0 Å². The molecule has 2 aromatic rings. The number of non-ortho nitro benzene ring substituents is 1. The molecule has 28 heavy (non-hydrogen) atoms.